The standard InChI is InChI=1S/C21H20ClNO3/c1-23(18-8-7-15-4-2-3-5-16(15)18)20(24)9-6-14-12-17(22)21-19(13-14)25-10-11-26-21/h2-6,9,12-13,18H,7-8,10-11H2,1H3/b9-6+. The van der Waals surface area contributed by atoms with Gasteiger partial charge in [-0.2, -0.15) is 0 Å². The van der Waals surface area contributed by atoms with E-state index >= 15 is 0 Å². The molecule has 1 aliphatic heterocycles. The monoisotopic (exact) mass is 369 g/mol. The van der Waals surface area contributed by atoms with Gasteiger partial charge in [0.2, 0.25) is 5.91 Å². The van der Waals surface area contributed by atoms with Gasteiger partial charge >= 0.3 is 0 Å². The number of benzene rings is 2. The quantitative estimate of drug-likeness (QED) is 0.758. The van der Waals surface area contributed by atoms with Gasteiger partial charge in [-0.05, 0) is 47.7 Å². The number of hydrogen-bond donors (Lipinski definition) is 0. The van der Waals surface area contributed by atoms with E-state index in [9.17, 15) is 4.79 Å². The van der Waals surface area contributed by atoms with Crippen LogP contribution in [-0.4, -0.2) is 31.1 Å². The topological polar surface area (TPSA) is 38.8 Å². The van der Waals surface area contributed by atoms with E-state index in [1.54, 1.807) is 18.2 Å². The van der Waals surface area contributed by atoms with Gasteiger partial charge in [-0.25, -0.2) is 0 Å². The average molecular weight is 370 g/mol. The number of carbonyl (C=O) groups excluding carboxylic acids is 1. The molecule has 1 atom stereocenters. The summed E-state index contributed by atoms with van der Waals surface area (Å²) in [6.45, 7) is 0.993. The molecule has 2 aliphatic rings. The predicted molar refractivity (Wildman–Crippen MR) is 102 cm³/mol. The first-order valence-corrected chi connectivity index (χ1v) is 9.13. The van der Waals surface area contributed by atoms with E-state index in [0.717, 1.165) is 18.4 Å². The van der Waals surface area contributed by atoms with Crippen LogP contribution in [0.5, 0.6) is 11.5 Å². The fourth-order valence-corrected chi connectivity index (χ4v) is 3.88. The molecule has 1 heterocycles. The van der Waals surface area contributed by atoms with E-state index in [4.69, 9.17) is 21.1 Å². The van der Waals surface area contributed by atoms with Gasteiger partial charge in [0.25, 0.3) is 0 Å². The van der Waals surface area contributed by atoms with Crippen molar-refractivity contribution in [2.75, 3.05) is 20.3 Å². The Bertz CT molecular complexity index is 878. The normalized spacial score (nSPS) is 18.0. The second-order valence-electron chi connectivity index (χ2n) is 6.56. The van der Waals surface area contributed by atoms with Crippen LogP contribution in [0.4, 0.5) is 0 Å². The molecule has 1 amide bonds. The minimum atomic E-state index is -0.0299. The van der Waals surface area contributed by atoms with Crippen molar-refractivity contribution in [2.45, 2.75) is 18.9 Å². The number of halogens is 1. The molecular formula is C21H20ClNO3. The van der Waals surface area contributed by atoms with E-state index < -0.39 is 0 Å². The van der Waals surface area contributed by atoms with Crippen molar-refractivity contribution in [3.8, 4) is 11.5 Å². The Hall–Kier alpha value is -2.46. The molecule has 4 rings (SSSR count). The molecule has 0 spiro atoms. The number of carbonyl (C=O) groups is 1. The number of likely N-dealkylation sites (N-methyl/N-ethyl adjacent to an activating group) is 1. The van der Waals surface area contributed by atoms with Crippen LogP contribution in [0.25, 0.3) is 6.08 Å². The molecule has 0 saturated carbocycles. The van der Waals surface area contributed by atoms with Gasteiger partial charge in [-0.3, -0.25) is 4.79 Å². The average Bonchev–Trinajstić information content (AvgIpc) is 3.09. The zero-order chi connectivity index (χ0) is 18.1. The van der Waals surface area contributed by atoms with Crippen molar-refractivity contribution in [1.82, 2.24) is 4.90 Å². The van der Waals surface area contributed by atoms with Gasteiger partial charge in [0.15, 0.2) is 11.5 Å². The van der Waals surface area contributed by atoms with Crippen LogP contribution in [0.15, 0.2) is 42.5 Å². The van der Waals surface area contributed by atoms with Crippen molar-refractivity contribution in [1.29, 1.82) is 0 Å². The fraction of sp³-hybridized carbons (Fsp3) is 0.286. The van der Waals surface area contributed by atoms with Crippen LogP contribution in [0.2, 0.25) is 5.02 Å². The number of aryl methyl sites for hydroxylation is 1. The van der Waals surface area contributed by atoms with E-state index in [0.29, 0.717) is 29.7 Å². The molecule has 0 aromatic heterocycles. The number of fused-ring (bicyclic) bond motifs is 2. The summed E-state index contributed by atoms with van der Waals surface area (Å²) < 4.78 is 11.1. The molecule has 0 bridgehead atoms. The molecule has 26 heavy (non-hydrogen) atoms. The van der Waals surface area contributed by atoms with Crippen LogP contribution >= 0.6 is 11.6 Å². The van der Waals surface area contributed by atoms with Crippen LogP contribution in [0.1, 0.15) is 29.2 Å². The van der Waals surface area contributed by atoms with E-state index in [1.807, 2.05) is 24.1 Å². The van der Waals surface area contributed by atoms with Crippen LogP contribution in [-0.2, 0) is 11.2 Å². The highest BCUT2D eigenvalue weighted by molar-refractivity contribution is 6.32. The second-order valence-corrected chi connectivity index (χ2v) is 6.97. The zero-order valence-electron chi connectivity index (χ0n) is 14.6. The third-order valence-corrected chi connectivity index (χ3v) is 5.23. The Kier molecular flexibility index (Phi) is 4.60. The Morgan fingerprint density at radius 2 is 2.04 bits per heavy atom. The number of amides is 1. The summed E-state index contributed by atoms with van der Waals surface area (Å²) in [5.74, 6) is 1.16. The van der Waals surface area contributed by atoms with Crippen molar-refractivity contribution in [3.05, 3.63) is 64.2 Å². The molecule has 0 fully saturated rings. The maximum atomic E-state index is 12.6. The molecular weight excluding hydrogens is 350 g/mol. The molecule has 0 N–H and O–H groups in total. The molecule has 0 radical (unpaired) electrons. The lowest BCUT2D eigenvalue weighted by Crippen LogP contribution is -2.28. The highest BCUT2D eigenvalue weighted by atomic mass is 35.5. The van der Waals surface area contributed by atoms with E-state index in [1.165, 1.54) is 11.1 Å². The van der Waals surface area contributed by atoms with Gasteiger partial charge in [0.1, 0.15) is 13.2 Å². The highest BCUT2D eigenvalue weighted by Crippen LogP contribution is 2.39. The van der Waals surface area contributed by atoms with Gasteiger partial charge in [0, 0.05) is 13.1 Å². The van der Waals surface area contributed by atoms with Crippen LogP contribution < -0.4 is 9.47 Å². The zero-order valence-corrected chi connectivity index (χ0v) is 15.3. The molecule has 0 saturated heterocycles. The first kappa shape index (κ1) is 17.0. The minimum Gasteiger partial charge on any atom is -0.486 e. The Labute approximate surface area is 158 Å². The summed E-state index contributed by atoms with van der Waals surface area (Å²) >= 11 is 6.25. The lowest BCUT2D eigenvalue weighted by Gasteiger charge is -2.24. The van der Waals surface area contributed by atoms with Crippen molar-refractivity contribution in [2.24, 2.45) is 0 Å². The van der Waals surface area contributed by atoms with Gasteiger partial charge in [-0.1, -0.05) is 35.9 Å². The molecule has 2 aromatic rings. The number of hydrogen-bond acceptors (Lipinski definition) is 3. The lowest BCUT2D eigenvalue weighted by molar-refractivity contribution is -0.126. The molecule has 2 aromatic carbocycles. The fourth-order valence-electron chi connectivity index (χ4n) is 3.60. The van der Waals surface area contributed by atoms with Gasteiger partial charge in [-0.15, -0.1) is 0 Å². The predicted octanol–water partition coefficient (Wildman–Crippen LogP) is 4.27. The van der Waals surface area contributed by atoms with Crippen molar-refractivity contribution >= 4 is 23.6 Å². The summed E-state index contributed by atoms with van der Waals surface area (Å²) in [5.41, 5.74) is 3.40. The summed E-state index contributed by atoms with van der Waals surface area (Å²) in [6.07, 6.45) is 5.33. The molecule has 1 aliphatic carbocycles. The second kappa shape index (κ2) is 7.04. The maximum Gasteiger partial charge on any atom is 0.246 e. The summed E-state index contributed by atoms with van der Waals surface area (Å²) in [5, 5.41) is 0.493. The first-order valence-electron chi connectivity index (χ1n) is 8.75. The Balaban J connectivity index is 1.51. The van der Waals surface area contributed by atoms with Crippen molar-refractivity contribution < 1.29 is 14.3 Å². The summed E-state index contributed by atoms with van der Waals surface area (Å²) in [6, 6.07) is 12.1. The van der Waals surface area contributed by atoms with Crippen molar-refractivity contribution in [3.63, 3.8) is 0 Å². The van der Waals surface area contributed by atoms with Gasteiger partial charge in [0.05, 0.1) is 11.1 Å². The molecule has 134 valence electrons. The van der Waals surface area contributed by atoms with Crippen LogP contribution in [0.3, 0.4) is 0 Å². The Morgan fingerprint density at radius 1 is 1.23 bits per heavy atom. The van der Waals surface area contributed by atoms with Gasteiger partial charge < -0.3 is 14.4 Å². The number of rotatable bonds is 3. The third kappa shape index (κ3) is 3.17. The Morgan fingerprint density at radius 3 is 2.92 bits per heavy atom. The SMILES string of the molecule is CN(C(=O)/C=C/c1cc(Cl)c2c(c1)OCCO2)C1CCc2ccccc21. The minimum absolute atomic E-state index is 0.0299. The van der Waals surface area contributed by atoms with Crippen LogP contribution in [0, 0.1) is 0 Å². The summed E-state index contributed by atoms with van der Waals surface area (Å²) in [7, 11) is 1.86. The number of nitrogens with zero attached hydrogens (tertiary/aromatic N) is 1. The lowest BCUT2D eigenvalue weighted by atomic mass is 10.1. The highest BCUT2D eigenvalue weighted by Gasteiger charge is 2.27. The number of ether oxygens (including phenoxy) is 2. The molecule has 4 nitrogen and oxygen atoms in total. The van der Waals surface area contributed by atoms with E-state index in [2.05, 4.69) is 18.2 Å². The molecule has 5 heteroatoms. The summed E-state index contributed by atoms with van der Waals surface area (Å²) in [4.78, 5) is 14.4. The largest absolute Gasteiger partial charge is 0.486 e. The molecule has 1 unspecified atom stereocenters. The smallest absolute Gasteiger partial charge is 0.246 e. The first-order chi connectivity index (χ1) is 12.6. The maximum absolute atomic E-state index is 12.6. The van der Waals surface area contributed by atoms with E-state index in [-0.39, 0.29) is 11.9 Å². The third-order valence-electron chi connectivity index (χ3n) is 4.95.